The van der Waals surface area contributed by atoms with E-state index in [9.17, 15) is 13.2 Å². The maximum absolute atomic E-state index is 12.5. The molecule has 1 aromatic rings. The van der Waals surface area contributed by atoms with E-state index in [-0.39, 0.29) is 5.91 Å². The number of sulfonamides is 1. The number of carbonyl (C=O) groups is 1. The fraction of sp³-hybridized carbons (Fsp3) is 0.500. The molecule has 0 saturated carbocycles. The van der Waals surface area contributed by atoms with E-state index in [2.05, 4.69) is 11.9 Å². The lowest BCUT2D eigenvalue weighted by molar-refractivity contribution is -0.118. The molecule has 2 heterocycles. The van der Waals surface area contributed by atoms with Crippen molar-refractivity contribution in [1.82, 2.24) is 9.62 Å². The zero-order chi connectivity index (χ0) is 16.7. The number of thiophene rings is 1. The topological polar surface area (TPSA) is 75.7 Å². The average Bonchev–Trinajstić information content (AvgIpc) is 3.04. The van der Waals surface area contributed by atoms with Crippen LogP contribution in [0, 0.1) is 0 Å². The summed E-state index contributed by atoms with van der Waals surface area (Å²) in [7, 11) is -3.45. The highest BCUT2D eigenvalue weighted by Gasteiger charge is 2.27. The van der Waals surface area contributed by atoms with Gasteiger partial charge in [0.1, 0.15) is 4.21 Å². The molecule has 0 spiro atoms. The molecule has 1 amide bonds. The van der Waals surface area contributed by atoms with Crippen molar-refractivity contribution in [3.05, 3.63) is 29.7 Å². The number of nitrogens with zero attached hydrogens (tertiary/aromatic N) is 1. The van der Waals surface area contributed by atoms with Gasteiger partial charge in [-0.25, -0.2) is 8.42 Å². The molecule has 6 nitrogen and oxygen atoms in total. The van der Waals surface area contributed by atoms with E-state index < -0.39 is 10.0 Å². The summed E-state index contributed by atoms with van der Waals surface area (Å²) in [6, 6.07) is 3.35. The molecule has 1 aliphatic rings. The second-order valence-electron chi connectivity index (χ2n) is 4.82. The van der Waals surface area contributed by atoms with Crippen molar-refractivity contribution in [2.45, 2.75) is 10.8 Å². The molecule has 9 heteroatoms. The minimum absolute atomic E-state index is 0.0668. The van der Waals surface area contributed by atoms with Gasteiger partial charge in [-0.15, -0.1) is 29.7 Å². The second-order valence-corrected chi connectivity index (χ2v) is 9.18. The Morgan fingerprint density at radius 1 is 1.43 bits per heavy atom. The molecular weight excluding hydrogens is 356 g/mol. The zero-order valence-electron chi connectivity index (χ0n) is 12.7. The van der Waals surface area contributed by atoms with Crippen LogP contribution in [0.15, 0.2) is 29.0 Å². The molecule has 0 radical (unpaired) electrons. The molecule has 128 valence electrons. The van der Waals surface area contributed by atoms with Crippen LogP contribution in [0.1, 0.15) is 4.88 Å². The number of hydrogen-bond acceptors (Lipinski definition) is 6. The highest BCUT2D eigenvalue weighted by atomic mass is 32.2. The number of nitrogens with one attached hydrogen (secondary N) is 1. The van der Waals surface area contributed by atoms with E-state index in [1.807, 2.05) is 0 Å². The van der Waals surface area contributed by atoms with Gasteiger partial charge in [-0.3, -0.25) is 4.79 Å². The zero-order valence-corrected chi connectivity index (χ0v) is 15.1. The lowest BCUT2D eigenvalue weighted by Gasteiger charge is -2.25. The van der Waals surface area contributed by atoms with E-state index in [0.717, 1.165) is 10.6 Å². The molecule has 0 aliphatic carbocycles. The van der Waals surface area contributed by atoms with Crippen LogP contribution in [-0.2, 0) is 26.1 Å². The molecule has 23 heavy (non-hydrogen) atoms. The van der Waals surface area contributed by atoms with Gasteiger partial charge < -0.3 is 10.1 Å². The third-order valence-electron chi connectivity index (χ3n) is 3.13. The van der Waals surface area contributed by atoms with Crippen LogP contribution < -0.4 is 5.32 Å². The van der Waals surface area contributed by atoms with Gasteiger partial charge in [-0.2, -0.15) is 4.31 Å². The smallest absolute Gasteiger partial charge is 0.252 e. The molecule has 1 aliphatic heterocycles. The maximum atomic E-state index is 12.5. The van der Waals surface area contributed by atoms with Crippen LogP contribution in [0.25, 0.3) is 0 Å². The Hall–Kier alpha value is -0.870. The Kier molecular flexibility index (Phi) is 7.09. The first-order chi connectivity index (χ1) is 11.0. The van der Waals surface area contributed by atoms with Crippen molar-refractivity contribution in [1.29, 1.82) is 0 Å². The van der Waals surface area contributed by atoms with Gasteiger partial charge in [0.25, 0.3) is 10.0 Å². The lowest BCUT2D eigenvalue weighted by Crippen LogP contribution is -2.40. The van der Waals surface area contributed by atoms with Gasteiger partial charge in [-0.05, 0) is 12.1 Å². The van der Waals surface area contributed by atoms with Crippen molar-refractivity contribution >= 4 is 39.0 Å². The van der Waals surface area contributed by atoms with Gasteiger partial charge in [-0.1, -0.05) is 6.08 Å². The Bertz CT molecular complexity index is 636. The van der Waals surface area contributed by atoms with Crippen molar-refractivity contribution in [2.24, 2.45) is 0 Å². The Morgan fingerprint density at radius 3 is 2.87 bits per heavy atom. The number of rotatable bonds is 8. The van der Waals surface area contributed by atoms with Gasteiger partial charge >= 0.3 is 0 Å². The van der Waals surface area contributed by atoms with Crippen LogP contribution in [0.2, 0.25) is 0 Å². The van der Waals surface area contributed by atoms with Crippen molar-refractivity contribution in [3.63, 3.8) is 0 Å². The monoisotopic (exact) mass is 376 g/mol. The third-order valence-corrected chi connectivity index (χ3v) is 7.52. The number of amides is 1. The molecule has 0 unspecified atom stereocenters. The first kappa shape index (κ1) is 18.5. The molecule has 0 atom stereocenters. The predicted molar refractivity (Wildman–Crippen MR) is 93.3 cm³/mol. The molecule has 1 N–H and O–H groups in total. The fourth-order valence-corrected chi connectivity index (χ4v) is 5.41. The number of carbonyl (C=O) groups excluding carboxylic acids is 1. The highest BCUT2D eigenvalue weighted by molar-refractivity contribution is 8.00. The standard InChI is InChI=1S/C14H20N2O4S3/c1-2-9-21-11-13(17)15-10-12-3-4-14(22-12)23(18,19)16-5-7-20-8-6-16/h2-4H,1,5-11H2,(H,15,17). The predicted octanol–water partition coefficient (Wildman–Crippen LogP) is 1.30. The van der Waals surface area contributed by atoms with E-state index in [0.29, 0.717) is 42.8 Å². The van der Waals surface area contributed by atoms with Crippen LogP contribution in [0.4, 0.5) is 0 Å². The number of morpholine rings is 1. The van der Waals surface area contributed by atoms with Gasteiger partial charge in [0.05, 0.1) is 25.5 Å². The SMILES string of the molecule is C=CCSCC(=O)NCc1ccc(S(=O)(=O)N2CCOCC2)s1. The van der Waals surface area contributed by atoms with Crippen molar-refractivity contribution < 1.29 is 17.9 Å². The lowest BCUT2D eigenvalue weighted by atomic mass is 10.4. The van der Waals surface area contributed by atoms with E-state index in [1.54, 1.807) is 18.2 Å². The third kappa shape index (κ3) is 5.32. The summed E-state index contributed by atoms with van der Waals surface area (Å²) in [5.41, 5.74) is 0. The largest absolute Gasteiger partial charge is 0.379 e. The van der Waals surface area contributed by atoms with Crippen LogP contribution in [0.3, 0.4) is 0 Å². The summed E-state index contributed by atoms with van der Waals surface area (Å²) in [5.74, 6) is 1.04. The summed E-state index contributed by atoms with van der Waals surface area (Å²) in [4.78, 5) is 12.5. The number of hydrogen-bond donors (Lipinski definition) is 1. The Morgan fingerprint density at radius 2 is 2.17 bits per heavy atom. The fourth-order valence-electron chi connectivity index (χ4n) is 1.98. The molecule has 1 aromatic heterocycles. The molecule has 0 aromatic carbocycles. The highest BCUT2D eigenvalue weighted by Crippen LogP contribution is 2.25. The van der Waals surface area contributed by atoms with Crippen molar-refractivity contribution in [2.75, 3.05) is 37.8 Å². The average molecular weight is 377 g/mol. The first-order valence-electron chi connectivity index (χ1n) is 7.16. The minimum atomic E-state index is -3.45. The van der Waals surface area contributed by atoms with Gasteiger partial charge in [0.15, 0.2) is 0 Å². The normalized spacial score (nSPS) is 16.2. The number of ether oxygens (including phenoxy) is 1. The van der Waals surface area contributed by atoms with Crippen LogP contribution >= 0.6 is 23.1 Å². The Labute approximate surface area is 144 Å². The summed E-state index contributed by atoms with van der Waals surface area (Å²) < 4.78 is 31.9. The summed E-state index contributed by atoms with van der Waals surface area (Å²) in [6.07, 6.45) is 1.75. The summed E-state index contributed by atoms with van der Waals surface area (Å²) in [5, 5.41) is 2.79. The van der Waals surface area contributed by atoms with E-state index in [1.165, 1.54) is 27.4 Å². The van der Waals surface area contributed by atoms with Gasteiger partial charge in [0.2, 0.25) is 5.91 Å². The van der Waals surface area contributed by atoms with E-state index >= 15 is 0 Å². The molecule has 1 fully saturated rings. The van der Waals surface area contributed by atoms with Crippen molar-refractivity contribution in [3.8, 4) is 0 Å². The first-order valence-corrected chi connectivity index (χ1v) is 10.6. The maximum Gasteiger partial charge on any atom is 0.252 e. The summed E-state index contributed by atoms with van der Waals surface area (Å²) in [6.45, 7) is 5.56. The molecular formula is C14H20N2O4S3. The molecule has 2 rings (SSSR count). The minimum Gasteiger partial charge on any atom is -0.379 e. The number of thioether (sulfide) groups is 1. The van der Waals surface area contributed by atoms with Crippen LogP contribution in [-0.4, -0.2) is 56.4 Å². The second kappa shape index (κ2) is 8.84. The molecule has 0 bridgehead atoms. The molecule has 1 saturated heterocycles. The quantitative estimate of drug-likeness (QED) is 0.547. The van der Waals surface area contributed by atoms with Crippen LogP contribution in [0.5, 0.6) is 0 Å². The van der Waals surface area contributed by atoms with E-state index in [4.69, 9.17) is 4.74 Å². The summed E-state index contributed by atoms with van der Waals surface area (Å²) >= 11 is 2.68. The van der Waals surface area contributed by atoms with Gasteiger partial charge in [0, 0.05) is 23.7 Å². The Balaban J connectivity index is 1.89.